The first-order chi connectivity index (χ1) is 13.1. The van der Waals surface area contributed by atoms with Crippen LogP contribution in [0, 0.1) is 17.6 Å². The minimum atomic E-state index is -0.773. The van der Waals surface area contributed by atoms with Gasteiger partial charge in [-0.25, -0.2) is 13.6 Å². The molecule has 0 aliphatic carbocycles. The smallest absolute Gasteiger partial charge is 0.410 e. The zero-order valence-corrected chi connectivity index (χ0v) is 16.4. The van der Waals surface area contributed by atoms with Crippen molar-refractivity contribution >= 4 is 11.8 Å². The number of halogens is 2. The summed E-state index contributed by atoms with van der Waals surface area (Å²) in [6, 6.07) is 2.36. The lowest BCUT2D eigenvalue weighted by Crippen LogP contribution is -2.42. The number of nitrogens with two attached hydrogens (primary N) is 1. The van der Waals surface area contributed by atoms with E-state index >= 15 is 0 Å². The fraction of sp³-hybridized carbons (Fsp3) is 0.500. The number of ether oxygens (including phenoxy) is 1. The first-order valence-electron chi connectivity index (χ1n) is 9.38. The Balaban J connectivity index is 1.60. The lowest BCUT2D eigenvalue weighted by Gasteiger charge is -2.33. The maximum absolute atomic E-state index is 14.2. The van der Waals surface area contributed by atoms with Crippen LogP contribution in [0.4, 0.5) is 19.3 Å². The van der Waals surface area contributed by atoms with Gasteiger partial charge < -0.3 is 15.4 Å². The second-order valence-corrected chi connectivity index (χ2v) is 8.19. The molecule has 1 saturated heterocycles. The number of anilines is 1. The summed E-state index contributed by atoms with van der Waals surface area (Å²) in [5, 5.41) is 4.24. The molecule has 1 aromatic heterocycles. The van der Waals surface area contributed by atoms with E-state index in [9.17, 15) is 13.6 Å². The minimum absolute atomic E-state index is 0.0985. The Morgan fingerprint density at radius 2 is 1.96 bits per heavy atom. The normalized spacial score (nSPS) is 15.7. The molecule has 152 valence electrons. The zero-order valence-electron chi connectivity index (χ0n) is 16.4. The SMILES string of the molecule is CC(C)(C)OC(=O)N1CCC(Cn2cc(-c3c(F)ccc(N)c3F)cn2)CC1. The zero-order chi connectivity index (χ0) is 20.5. The van der Waals surface area contributed by atoms with E-state index < -0.39 is 17.2 Å². The third kappa shape index (κ3) is 4.61. The molecular weight excluding hydrogens is 366 g/mol. The van der Waals surface area contributed by atoms with Crippen LogP contribution in [0.5, 0.6) is 0 Å². The molecule has 0 radical (unpaired) electrons. The molecule has 6 nitrogen and oxygen atoms in total. The molecule has 2 aromatic rings. The van der Waals surface area contributed by atoms with Crippen molar-refractivity contribution in [1.82, 2.24) is 14.7 Å². The summed E-state index contributed by atoms with van der Waals surface area (Å²) >= 11 is 0. The number of rotatable bonds is 3. The van der Waals surface area contributed by atoms with E-state index in [4.69, 9.17) is 10.5 Å². The van der Waals surface area contributed by atoms with Crippen LogP contribution in [0.3, 0.4) is 0 Å². The van der Waals surface area contributed by atoms with Crippen molar-refractivity contribution in [3.05, 3.63) is 36.2 Å². The number of amides is 1. The van der Waals surface area contributed by atoms with Gasteiger partial charge in [0, 0.05) is 31.4 Å². The van der Waals surface area contributed by atoms with Gasteiger partial charge in [-0.15, -0.1) is 0 Å². The summed E-state index contributed by atoms with van der Waals surface area (Å²) in [7, 11) is 0. The average molecular weight is 392 g/mol. The van der Waals surface area contributed by atoms with Gasteiger partial charge in [0.15, 0.2) is 5.82 Å². The molecule has 3 rings (SSSR count). The molecule has 28 heavy (non-hydrogen) atoms. The Morgan fingerprint density at radius 1 is 1.29 bits per heavy atom. The lowest BCUT2D eigenvalue weighted by molar-refractivity contribution is 0.0177. The number of likely N-dealkylation sites (tertiary alicyclic amines) is 1. The van der Waals surface area contributed by atoms with Crippen molar-refractivity contribution in [1.29, 1.82) is 0 Å². The minimum Gasteiger partial charge on any atom is -0.444 e. The molecule has 0 spiro atoms. The topological polar surface area (TPSA) is 73.4 Å². The molecule has 8 heteroatoms. The van der Waals surface area contributed by atoms with E-state index in [1.807, 2.05) is 20.8 Å². The summed E-state index contributed by atoms with van der Waals surface area (Å²) in [6.45, 7) is 7.39. The van der Waals surface area contributed by atoms with Crippen LogP contribution >= 0.6 is 0 Å². The molecular formula is C20H26F2N4O2. The van der Waals surface area contributed by atoms with Gasteiger partial charge in [0.25, 0.3) is 0 Å². The van der Waals surface area contributed by atoms with E-state index in [0.29, 0.717) is 31.1 Å². The highest BCUT2D eigenvalue weighted by Crippen LogP contribution is 2.29. The molecule has 0 bridgehead atoms. The number of nitrogen functional groups attached to an aromatic ring is 1. The van der Waals surface area contributed by atoms with Crippen LogP contribution < -0.4 is 5.73 Å². The monoisotopic (exact) mass is 392 g/mol. The molecule has 1 aromatic carbocycles. The molecule has 1 aliphatic heterocycles. The van der Waals surface area contributed by atoms with E-state index in [0.717, 1.165) is 18.9 Å². The molecule has 0 unspecified atom stereocenters. The summed E-state index contributed by atoms with van der Waals surface area (Å²) in [5.41, 5.74) is 5.13. The number of piperidine rings is 1. The van der Waals surface area contributed by atoms with E-state index in [-0.39, 0.29) is 17.3 Å². The predicted molar refractivity (Wildman–Crippen MR) is 103 cm³/mol. The van der Waals surface area contributed by atoms with Gasteiger partial charge in [0.05, 0.1) is 17.4 Å². The van der Waals surface area contributed by atoms with E-state index in [1.165, 1.54) is 12.3 Å². The molecule has 1 amide bonds. The molecule has 0 saturated carbocycles. The molecule has 1 aliphatic rings. The Kier molecular flexibility index (Phi) is 5.58. The fourth-order valence-corrected chi connectivity index (χ4v) is 3.31. The van der Waals surface area contributed by atoms with Crippen molar-refractivity contribution in [3.8, 4) is 11.1 Å². The number of hydrogen-bond acceptors (Lipinski definition) is 4. The first-order valence-corrected chi connectivity index (χ1v) is 9.38. The third-order valence-corrected chi connectivity index (χ3v) is 4.75. The van der Waals surface area contributed by atoms with Crippen molar-refractivity contribution in [2.75, 3.05) is 18.8 Å². The van der Waals surface area contributed by atoms with Crippen molar-refractivity contribution in [2.45, 2.75) is 45.8 Å². The number of carbonyl (C=O) groups is 1. The number of hydrogen-bond donors (Lipinski definition) is 1. The molecule has 2 N–H and O–H groups in total. The highest BCUT2D eigenvalue weighted by atomic mass is 19.1. The van der Waals surface area contributed by atoms with Gasteiger partial charge in [-0.2, -0.15) is 5.10 Å². The van der Waals surface area contributed by atoms with Crippen LogP contribution in [-0.4, -0.2) is 39.5 Å². The van der Waals surface area contributed by atoms with Gasteiger partial charge in [0.2, 0.25) is 0 Å². The van der Waals surface area contributed by atoms with Gasteiger partial charge in [-0.05, 0) is 51.7 Å². The number of carbonyl (C=O) groups excluding carboxylic acids is 1. The lowest BCUT2D eigenvalue weighted by atomic mass is 9.97. The largest absolute Gasteiger partial charge is 0.444 e. The van der Waals surface area contributed by atoms with Crippen LogP contribution in [0.15, 0.2) is 24.5 Å². The first kappa shape index (κ1) is 20.1. The maximum atomic E-state index is 14.2. The van der Waals surface area contributed by atoms with Gasteiger partial charge in [0.1, 0.15) is 11.4 Å². The average Bonchev–Trinajstić information content (AvgIpc) is 3.06. The second kappa shape index (κ2) is 7.77. The molecule has 2 heterocycles. The number of aromatic nitrogens is 2. The van der Waals surface area contributed by atoms with Crippen LogP contribution in [-0.2, 0) is 11.3 Å². The quantitative estimate of drug-likeness (QED) is 0.800. The summed E-state index contributed by atoms with van der Waals surface area (Å²) < 4.78 is 35.3. The van der Waals surface area contributed by atoms with E-state index in [2.05, 4.69) is 5.10 Å². The molecule has 0 atom stereocenters. The predicted octanol–water partition coefficient (Wildman–Crippen LogP) is 4.06. The summed E-state index contributed by atoms with van der Waals surface area (Å²) in [4.78, 5) is 13.9. The number of benzene rings is 1. The van der Waals surface area contributed by atoms with E-state index in [1.54, 1.807) is 15.8 Å². The van der Waals surface area contributed by atoms with Crippen LogP contribution in [0.25, 0.3) is 11.1 Å². The van der Waals surface area contributed by atoms with Crippen LogP contribution in [0.2, 0.25) is 0 Å². The van der Waals surface area contributed by atoms with Gasteiger partial charge in [-0.3, -0.25) is 4.68 Å². The summed E-state index contributed by atoms with van der Waals surface area (Å²) in [6.07, 6.45) is 4.41. The standard InChI is InChI=1S/C20H26F2N4O2/c1-20(2,3)28-19(27)25-8-6-13(7-9-25)11-26-12-14(10-24-26)17-15(21)4-5-16(23)18(17)22/h4-5,10,12-13H,6-9,11,23H2,1-3H3. The fourth-order valence-electron chi connectivity index (χ4n) is 3.31. The maximum Gasteiger partial charge on any atom is 0.410 e. The van der Waals surface area contributed by atoms with Crippen LogP contribution in [0.1, 0.15) is 33.6 Å². The molecule has 1 fully saturated rings. The van der Waals surface area contributed by atoms with Gasteiger partial charge in [-0.1, -0.05) is 0 Å². The second-order valence-electron chi connectivity index (χ2n) is 8.19. The highest BCUT2D eigenvalue weighted by molar-refractivity contribution is 5.68. The Morgan fingerprint density at radius 3 is 2.61 bits per heavy atom. The van der Waals surface area contributed by atoms with Crippen molar-refractivity contribution in [2.24, 2.45) is 5.92 Å². The van der Waals surface area contributed by atoms with Crippen molar-refractivity contribution in [3.63, 3.8) is 0 Å². The third-order valence-electron chi connectivity index (χ3n) is 4.75. The Hall–Kier alpha value is -2.64. The van der Waals surface area contributed by atoms with Gasteiger partial charge >= 0.3 is 6.09 Å². The Labute approximate surface area is 163 Å². The Bertz CT molecular complexity index is 852. The summed E-state index contributed by atoms with van der Waals surface area (Å²) in [5.74, 6) is -1.12. The number of nitrogens with zero attached hydrogens (tertiary/aromatic N) is 3. The highest BCUT2D eigenvalue weighted by Gasteiger charge is 2.27. The van der Waals surface area contributed by atoms with Crippen molar-refractivity contribution < 1.29 is 18.3 Å².